The lowest BCUT2D eigenvalue weighted by Gasteiger charge is -2.09. The fourth-order valence-corrected chi connectivity index (χ4v) is 1.52. The van der Waals surface area contributed by atoms with Crippen molar-refractivity contribution in [1.29, 1.82) is 0 Å². The molecule has 0 unspecified atom stereocenters. The van der Waals surface area contributed by atoms with E-state index in [0.29, 0.717) is 0 Å². The molecule has 0 N–H and O–H groups in total. The van der Waals surface area contributed by atoms with Crippen molar-refractivity contribution in [3.8, 4) is 0 Å². The lowest BCUT2D eigenvalue weighted by molar-refractivity contribution is 0.546. The molecule has 1 aliphatic rings. The molecule has 1 heterocycles. The Balaban J connectivity index is 2.22. The van der Waals surface area contributed by atoms with Crippen molar-refractivity contribution >= 4 is 5.57 Å². The van der Waals surface area contributed by atoms with Gasteiger partial charge in [-0.15, -0.1) is 0 Å². The number of hydrogen-bond acceptors (Lipinski definition) is 1. The molecule has 0 saturated heterocycles. The largest absolute Gasteiger partial charge is 0.465 e. The molecule has 0 aromatic carbocycles. The summed E-state index contributed by atoms with van der Waals surface area (Å²) in [4.78, 5) is 0. The standard InChI is InChI=1S/C10H12O/c1-2-5-9(6-3-1)10-7-4-8-11-10/h4-5,7-8H,1-3,6H2. The van der Waals surface area contributed by atoms with Crippen LogP contribution in [0.25, 0.3) is 5.57 Å². The molecular weight excluding hydrogens is 136 g/mol. The second kappa shape index (κ2) is 2.95. The first-order valence-corrected chi connectivity index (χ1v) is 4.20. The molecule has 1 heteroatoms. The van der Waals surface area contributed by atoms with Crippen LogP contribution in [0.15, 0.2) is 28.9 Å². The number of hydrogen-bond donors (Lipinski definition) is 0. The lowest BCUT2D eigenvalue weighted by atomic mass is 9.98. The van der Waals surface area contributed by atoms with E-state index in [1.54, 1.807) is 6.26 Å². The third kappa shape index (κ3) is 1.37. The highest BCUT2D eigenvalue weighted by Crippen LogP contribution is 2.26. The molecule has 0 aliphatic heterocycles. The average molecular weight is 148 g/mol. The first kappa shape index (κ1) is 6.71. The fourth-order valence-electron chi connectivity index (χ4n) is 1.52. The summed E-state index contributed by atoms with van der Waals surface area (Å²) in [5.41, 5.74) is 1.39. The van der Waals surface area contributed by atoms with Gasteiger partial charge in [0, 0.05) is 0 Å². The predicted octanol–water partition coefficient (Wildman–Crippen LogP) is 3.24. The first-order valence-electron chi connectivity index (χ1n) is 4.20. The van der Waals surface area contributed by atoms with Gasteiger partial charge >= 0.3 is 0 Å². The van der Waals surface area contributed by atoms with Gasteiger partial charge in [-0.25, -0.2) is 0 Å². The summed E-state index contributed by atoms with van der Waals surface area (Å²) in [6.07, 6.45) is 9.09. The van der Waals surface area contributed by atoms with Crippen molar-refractivity contribution < 1.29 is 4.42 Å². The number of furan rings is 1. The second-order valence-electron chi connectivity index (χ2n) is 2.95. The van der Waals surface area contributed by atoms with Gasteiger partial charge in [0.2, 0.25) is 0 Å². The van der Waals surface area contributed by atoms with Crippen molar-refractivity contribution in [3.05, 3.63) is 30.2 Å². The topological polar surface area (TPSA) is 13.1 Å². The number of rotatable bonds is 1. The Labute approximate surface area is 66.7 Å². The molecule has 0 saturated carbocycles. The van der Waals surface area contributed by atoms with Gasteiger partial charge < -0.3 is 4.42 Å². The van der Waals surface area contributed by atoms with Crippen molar-refractivity contribution in [2.75, 3.05) is 0 Å². The highest BCUT2D eigenvalue weighted by atomic mass is 16.3. The molecule has 0 bridgehead atoms. The molecule has 58 valence electrons. The second-order valence-corrected chi connectivity index (χ2v) is 2.95. The Kier molecular flexibility index (Phi) is 1.80. The maximum absolute atomic E-state index is 5.30. The molecule has 1 aromatic rings. The average Bonchev–Trinajstić information content (AvgIpc) is 2.58. The molecule has 1 nitrogen and oxygen atoms in total. The molecule has 1 aromatic heterocycles. The normalized spacial score (nSPS) is 18.0. The quantitative estimate of drug-likeness (QED) is 0.596. The Morgan fingerprint density at radius 3 is 2.91 bits per heavy atom. The highest BCUT2D eigenvalue weighted by Gasteiger charge is 2.07. The summed E-state index contributed by atoms with van der Waals surface area (Å²) in [6.45, 7) is 0. The first-order chi connectivity index (χ1) is 5.47. The predicted molar refractivity (Wildman–Crippen MR) is 45.2 cm³/mol. The van der Waals surface area contributed by atoms with E-state index in [0.717, 1.165) is 5.76 Å². The zero-order valence-corrected chi connectivity index (χ0v) is 6.55. The van der Waals surface area contributed by atoms with Crippen LogP contribution in [0.4, 0.5) is 0 Å². The fraction of sp³-hybridized carbons (Fsp3) is 0.400. The van der Waals surface area contributed by atoms with Gasteiger partial charge in [0.25, 0.3) is 0 Å². The maximum Gasteiger partial charge on any atom is 0.129 e. The van der Waals surface area contributed by atoms with Crippen LogP contribution in [0.5, 0.6) is 0 Å². The molecular formula is C10H12O. The van der Waals surface area contributed by atoms with Gasteiger partial charge in [-0.05, 0) is 43.4 Å². The zero-order chi connectivity index (χ0) is 7.52. The van der Waals surface area contributed by atoms with Crippen molar-refractivity contribution in [2.45, 2.75) is 25.7 Å². The Hall–Kier alpha value is -0.980. The van der Waals surface area contributed by atoms with Crippen molar-refractivity contribution in [1.82, 2.24) is 0 Å². The van der Waals surface area contributed by atoms with Gasteiger partial charge in [-0.3, -0.25) is 0 Å². The lowest BCUT2D eigenvalue weighted by Crippen LogP contribution is -1.89. The van der Waals surface area contributed by atoms with Crippen LogP contribution in [-0.4, -0.2) is 0 Å². The summed E-state index contributed by atoms with van der Waals surface area (Å²) in [5.74, 6) is 1.06. The smallest absolute Gasteiger partial charge is 0.129 e. The summed E-state index contributed by atoms with van der Waals surface area (Å²) in [6, 6.07) is 3.99. The molecule has 0 atom stereocenters. The summed E-state index contributed by atoms with van der Waals surface area (Å²) in [7, 11) is 0. The van der Waals surface area contributed by atoms with E-state index in [1.165, 1.54) is 31.3 Å². The SMILES string of the molecule is C1=C(c2ccco2)CCCC1. The van der Waals surface area contributed by atoms with E-state index >= 15 is 0 Å². The van der Waals surface area contributed by atoms with Crippen LogP contribution in [0.1, 0.15) is 31.4 Å². The third-order valence-electron chi connectivity index (χ3n) is 2.13. The van der Waals surface area contributed by atoms with E-state index in [4.69, 9.17) is 4.42 Å². The number of allylic oxidation sites excluding steroid dienone is 2. The van der Waals surface area contributed by atoms with E-state index < -0.39 is 0 Å². The Morgan fingerprint density at radius 1 is 1.27 bits per heavy atom. The van der Waals surface area contributed by atoms with E-state index in [9.17, 15) is 0 Å². The zero-order valence-electron chi connectivity index (χ0n) is 6.55. The van der Waals surface area contributed by atoms with Crippen molar-refractivity contribution in [2.24, 2.45) is 0 Å². The van der Waals surface area contributed by atoms with Crippen LogP contribution in [-0.2, 0) is 0 Å². The van der Waals surface area contributed by atoms with E-state index in [1.807, 2.05) is 12.1 Å². The molecule has 0 spiro atoms. The van der Waals surface area contributed by atoms with Crippen LogP contribution in [0.3, 0.4) is 0 Å². The molecule has 0 radical (unpaired) electrons. The summed E-state index contributed by atoms with van der Waals surface area (Å²) >= 11 is 0. The van der Waals surface area contributed by atoms with Crippen LogP contribution < -0.4 is 0 Å². The van der Waals surface area contributed by atoms with Gasteiger partial charge in [0.15, 0.2) is 0 Å². The Morgan fingerprint density at radius 2 is 2.27 bits per heavy atom. The summed E-state index contributed by atoms with van der Waals surface area (Å²) < 4.78 is 5.30. The minimum absolute atomic E-state index is 1.06. The minimum Gasteiger partial charge on any atom is -0.465 e. The highest BCUT2D eigenvalue weighted by molar-refractivity contribution is 5.61. The van der Waals surface area contributed by atoms with E-state index in [2.05, 4.69) is 6.08 Å². The van der Waals surface area contributed by atoms with Crippen molar-refractivity contribution in [3.63, 3.8) is 0 Å². The Bertz CT molecular complexity index is 244. The van der Waals surface area contributed by atoms with Crippen LogP contribution in [0, 0.1) is 0 Å². The van der Waals surface area contributed by atoms with Gasteiger partial charge in [-0.1, -0.05) is 6.08 Å². The molecule has 2 rings (SSSR count). The molecule has 0 amide bonds. The maximum atomic E-state index is 5.30. The van der Waals surface area contributed by atoms with Crippen LogP contribution in [0.2, 0.25) is 0 Å². The molecule has 11 heavy (non-hydrogen) atoms. The third-order valence-corrected chi connectivity index (χ3v) is 2.13. The molecule has 1 aliphatic carbocycles. The van der Waals surface area contributed by atoms with E-state index in [-0.39, 0.29) is 0 Å². The van der Waals surface area contributed by atoms with Gasteiger partial charge in [0.1, 0.15) is 5.76 Å². The van der Waals surface area contributed by atoms with Gasteiger partial charge in [0.05, 0.1) is 6.26 Å². The molecule has 0 fully saturated rings. The minimum atomic E-state index is 1.06. The summed E-state index contributed by atoms with van der Waals surface area (Å²) in [5, 5.41) is 0. The monoisotopic (exact) mass is 148 g/mol. The van der Waals surface area contributed by atoms with Crippen LogP contribution >= 0.6 is 0 Å². The van der Waals surface area contributed by atoms with Gasteiger partial charge in [-0.2, -0.15) is 0 Å².